The molecule has 0 saturated heterocycles. The fourth-order valence-electron chi connectivity index (χ4n) is 2.75. The molecule has 0 fully saturated rings. The van der Waals surface area contributed by atoms with Crippen LogP contribution in [0.5, 0.6) is 0 Å². The molecule has 2 rings (SSSR count). The highest BCUT2D eigenvalue weighted by Crippen LogP contribution is 2.26. The number of hydrazine groups is 1. The van der Waals surface area contributed by atoms with Crippen molar-refractivity contribution in [2.75, 3.05) is 6.26 Å². The Hall–Kier alpha value is -0.910. The Morgan fingerprint density at radius 2 is 1.95 bits per heavy atom. The van der Waals surface area contributed by atoms with Crippen LogP contribution in [0.4, 0.5) is 0 Å². The molecule has 4 nitrogen and oxygen atoms in total. The van der Waals surface area contributed by atoms with Gasteiger partial charge in [-0.15, -0.1) is 0 Å². The van der Waals surface area contributed by atoms with Crippen LogP contribution < -0.4 is 11.3 Å². The van der Waals surface area contributed by atoms with Crippen LogP contribution in [0, 0.1) is 0 Å². The Balaban J connectivity index is 2.23. The lowest BCUT2D eigenvalue weighted by molar-refractivity contribution is 0.413. The van der Waals surface area contributed by atoms with Crippen molar-refractivity contribution in [1.82, 2.24) is 5.43 Å². The molecule has 5 heteroatoms. The number of nitrogens with one attached hydrogen (secondary N) is 1. The van der Waals surface area contributed by atoms with Crippen molar-refractivity contribution in [3.05, 3.63) is 34.9 Å². The highest BCUT2D eigenvalue weighted by Gasteiger charge is 2.38. The minimum atomic E-state index is -3.19. The largest absolute Gasteiger partial charge is 0.271 e. The van der Waals surface area contributed by atoms with E-state index < -0.39 is 14.6 Å². The second-order valence-electron chi connectivity index (χ2n) is 6.26. The van der Waals surface area contributed by atoms with E-state index in [1.807, 2.05) is 0 Å². The first-order chi connectivity index (χ1) is 9.25. The fourth-order valence-corrected chi connectivity index (χ4v) is 3.42. The lowest BCUT2D eigenvalue weighted by atomic mass is 9.94. The molecule has 20 heavy (non-hydrogen) atoms. The molecule has 0 aliphatic heterocycles. The van der Waals surface area contributed by atoms with Gasteiger partial charge in [0, 0.05) is 12.3 Å². The lowest BCUT2D eigenvalue weighted by Gasteiger charge is -2.32. The summed E-state index contributed by atoms with van der Waals surface area (Å²) >= 11 is 0. The summed E-state index contributed by atoms with van der Waals surface area (Å²) in [7, 11) is -3.19. The summed E-state index contributed by atoms with van der Waals surface area (Å²) in [4.78, 5) is 0. The van der Waals surface area contributed by atoms with Gasteiger partial charge in [0.1, 0.15) is 0 Å². The molecule has 1 aliphatic rings. The normalized spacial score (nSPS) is 17.0. The van der Waals surface area contributed by atoms with E-state index in [1.54, 1.807) is 13.8 Å². The van der Waals surface area contributed by atoms with Crippen LogP contribution in [0.3, 0.4) is 0 Å². The smallest absolute Gasteiger partial charge is 0.154 e. The Labute approximate surface area is 121 Å². The third-order valence-corrected chi connectivity index (χ3v) is 6.79. The first-order valence-corrected chi connectivity index (χ1v) is 8.91. The van der Waals surface area contributed by atoms with Crippen molar-refractivity contribution < 1.29 is 8.42 Å². The summed E-state index contributed by atoms with van der Waals surface area (Å²) in [6.45, 7) is 3.44. The molecular weight excluding hydrogens is 272 g/mol. The minimum Gasteiger partial charge on any atom is -0.271 e. The zero-order valence-corrected chi connectivity index (χ0v) is 13.3. The highest BCUT2D eigenvalue weighted by atomic mass is 32.2. The Morgan fingerprint density at radius 1 is 1.30 bits per heavy atom. The van der Waals surface area contributed by atoms with E-state index in [0.717, 1.165) is 18.4 Å². The summed E-state index contributed by atoms with van der Waals surface area (Å²) in [6, 6.07) is 6.15. The molecule has 1 atom stereocenters. The fraction of sp³-hybridized carbons (Fsp3) is 0.600. The first kappa shape index (κ1) is 15.5. The Kier molecular flexibility index (Phi) is 4.23. The van der Waals surface area contributed by atoms with Gasteiger partial charge in [-0.05, 0) is 56.2 Å². The predicted molar refractivity (Wildman–Crippen MR) is 82.2 cm³/mol. The summed E-state index contributed by atoms with van der Waals surface area (Å²) in [5.74, 6) is 5.60. The minimum absolute atomic E-state index is 0.308. The van der Waals surface area contributed by atoms with Crippen molar-refractivity contribution in [3.8, 4) is 0 Å². The molecular formula is C15H24N2O2S. The number of rotatable bonds is 5. The van der Waals surface area contributed by atoms with Gasteiger partial charge in [-0.3, -0.25) is 11.3 Å². The highest BCUT2D eigenvalue weighted by molar-refractivity contribution is 7.92. The van der Waals surface area contributed by atoms with Crippen LogP contribution in [-0.4, -0.2) is 25.5 Å². The van der Waals surface area contributed by atoms with Gasteiger partial charge < -0.3 is 0 Å². The Bertz CT molecular complexity index is 594. The van der Waals surface area contributed by atoms with Crippen LogP contribution >= 0.6 is 0 Å². The molecule has 0 aromatic heterocycles. The van der Waals surface area contributed by atoms with Crippen LogP contribution in [0.25, 0.3) is 0 Å². The van der Waals surface area contributed by atoms with E-state index >= 15 is 0 Å². The molecule has 0 saturated carbocycles. The molecule has 1 aromatic rings. The predicted octanol–water partition coefficient (Wildman–Crippen LogP) is 1.37. The van der Waals surface area contributed by atoms with Gasteiger partial charge in [0.15, 0.2) is 9.84 Å². The average Bonchev–Trinajstić information content (AvgIpc) is 2.81. The van der Waals surface area contributed by atoms with E-state index in [0.29, 0.717) is 6.42 Å². The van der Waals surface area contributed by atoms with E-state index in [4.69, 9.17) is 5.84 Å². The van der Waals surface area contributed by atoms with Crippen molar-refractivity contribution in [2.24, 2.45) is 5.84 Å². The number of aryl methyl sites for hydroxylation is 2. The molecule has 1 aliphatic carbocycles. The topological polar surface area (TPSA) is 72.2 Å². The standard InChI is InChI=1S/C15H24N2O2S/c1-15(2,20(3,18)19)14(17-16)10-11-7-8-12-5-4-6-13(12)9-11/h7-9,14,17H,4-6,10,16H2,1-3H3. The lowest BCUT2D eigenvalue weighted by Crippen LogP contribution is -2.55. The Morgan fingerprint density at radius 3 is 2.55 bits per heavy atom. The summed E-state index contributed by atoms with van der Waals surface area (Å²) in [5.41, 5.74) is 6.65. The second-order valence-corrected chi connectivity index (χ2v) is 8.85. The molecule has 1 unspecified atom stereocenters. The van der Waals surface area contributed by atoms with Crippen LogP contribution in [0.2, 0.25) is 0 Å². The van der Waals surface area contributed by atoms with Gasteiger partial charge in [0.05, 0.1) is 4.75 Å². The number of hydrogen-bond acceptors (Lipinski definition) is 4. The third kappa shape index (κ3) is 2.90. The van der Waals surface area contributed by atoms with Crippen molar-refractivity contribution >= 4 is 9.84 Å². The van der Waals surface area contributed by atoms with Crippen LogP contribution in [-0.2, 0) is 29.1 Å². The van der Waals surface area contributed by atoms with Gasteiger partial charge in [-0.2, -0.15) is 0 Å². The molecule has 0 spiro atoms. The molecule has 0 bridgehead atoms. The van der Waals surface area contributed by atoms with Gasteiger partial charge in [0.25, 0.3) is 0 Å². The number of hydrogen-bond donors (Lipinski definition) is 2. The van der Waals surface area contributed by atoms with Crippen LogP contribution in [0.1, 0.15) is 37.0 Å². The van der Waals surface area contributed by atoms with Crippen molar-refractivity contribution in [1.29, 1.82) is 0 Å². The zero-order valence-electron chi connectivity index (χ0n) is 12.4. The summed E-state index contributed by atoms with van der Waals surface area (Å²) in [5, 5.41) is 0. The summed E-state index contributed by atoms with van der Waals surface area (Å²) < 4.78 is 23.0. The van der Waals surface area contributed by atoms with Crippen molar-refractivity contribution in [3.63, 3.8) is 0 Å². The quantitative estimate of drug-likeness (QED) is 0.636. The summed E-state index contributed by atoms with van der Waals surface area (Å²) in [6.07, 6.45) is 5.37. The molecule has 3 N–H and O–H groups in total. The van der Waals surface area contributed by atoms with Gasteiger partial charge in [0.2, 0.25) is 0 Å². The third-order valence-electron chi connectivity index (χ3n) is 4.60. The van der Waals surface area contributed by atoms with Crippen molar-refractivity contribution in [2.45, 2.75) is 50.3 Å². The van der Waals surface area contributed by atoms with Gasteiger partial charge >= 0.3 is 0 Å². The molecule has 0 heterocycles. The van der Waals surface area contributed by atoms with Crippen LogP contribution in [0.15, 0.2) is 18.2 Å². The maximum atomic E-state index is 11.9. The van der Waals surface area contributed by atoms with E-state index in [9.17, 15) is 8.42 Å². The maximum Gasteiger partial charge on any atom is 0.154 e. The number of benzene rings is 1. The molecule has 0 amide bonds. The molecule has 0 radical (unpaired) electrons. The number of nitrogens with two attached hydrogens (primary N) is 1. The SMILES string of the molecule is CC(C)(C(Cc1ccc2c(c1)CCC2)NN)S(C)(=O)=O. The van der Waals surface area contributed by atoms with E-state index in [-0.39, 0.29) is 6.04 Å². The first-order valence-electron chi connectivity index (χ1n) is 7.02. The monoisotopic (exact) mass is 296 g/mol. The molecule has 1 aromatic carbocycles. The maximum absolute atomic E-state index is 11.9. The number of fused-ring (bicyclic) bond motifs is 1. The van der Waals surface area contributed by atoms with E-state index in [2.05, 4.69) is 23.6 Å². The number of sulfone groups is 1. The van der Waals surface area contributed by atoms with Gasteiger partial charge in [-0.1, -0.05) is 18.2 Å². The van der Waals surface area contributed by atoms with E-state index in [1.165, 1.54) is 23.8 Å². The molecule has 112 valence electrons. The zero-order chi connectivity index (χ0) is 15.0. The van der Waals surface area contributed by atoms with Gasteiger partial charge in [-0.25, -0.2) is 8.42 Å². The average molecular weight is 296 g/mol. The second kappa shape index (κ2) is 5.47.